The second-order valence-corrected chi connectivity index (χ2v) is 5.00. The highest BCUT2D eigenvalue weighted by Gasteiger charge is 2.13. The minimum Gasteiger partial charge on any atom is -0.382 e. The summed E-state index contributed by atoms with van der Waals surface area (Å²) in [5.74, 6) is 0.747. The molecule has 0 amide bonds. The van der Waals surface area contributed by atoms with Crippen molar-refractivity contribution < 1.29 is 0 Å². The molecular weight excluding hydrogens is 245 g/mol. The lowest BCUT2D eigenvalue weighted by atomic mass is 9.89. The minimum atomic E-state index is 0.371. The number of aromatic nitrogens is 2. The van der Waals surface area contributed by atoms with E-state index in [1.807, 2.05) is 0 Å². The van der Waals surface area contributed by atoms with E-state index in [0.29, 0.717) is 10.3 Å². The van der Waals surface area contributed by atoms with Crippen LogP contribution >= 0.6 is 23.2 Å². The summed E-state index contributed by atoms with van der Waals surface area (Å²) in [6.07, 6.45) is 6.67. The van der Waals surface area contributed by atoms with Crippen LogP contribution in [0.15, 0.2) is 6.07 Å². The SMILES string of the molecule is Clc1cc(NCC2CCCCC2)c(Cl)nn1. The van der Waals surface area contributed by atoms with Crippen LogP contribution in [0, 0.1) is 5.92 Å². The topological polar surface area (TPSA) is 37.8 Å². The molecule has 0 spiro atoms. The van der Waals surface area contributed by atoms with E-state index in [2.05, 4.69) is 15.5 Å². The third-order valence-electron chi connectivity index (χ3n) is 3.02. The van der Waals surface area contributed by atoms with Crippen LogP contribution in [0.25, 0.3) is 0 Å². The first-order valence-electron chi connectivity index (χ1n) is 5.68. The summed E-state index contributed by atoms with van der Waals surface area (Å²) in [6, 6.07) is 1.72. The van der Waals surface area contributed by atoms with Gasteiger partial charge in [-0.15, -0.1) is 10.2 Å². The molecule has 0 aliphatic heterocycles. The highest BCUT2D eigenvalue weighted by atomic mass is 35.5. The molecule has 1 N–H and O–H groups in total. The Bertz CT molecular complexity index is 351. The van der Waals surface area contributed by atoms with Crippen molar-refractivity contribution in [3.63, 3.8) is 0 Å². The van der Waals surface area contributed by atoms with E-state index in [0.717, 1.165) is 18.2 Å². The van der Waals surface area contributed by atoms with Crippen LogP contribution in [0.3, 0.4) is 0 Å². The summed E-state index contributed by atoms with van der Waals surface area (Å²) in [5.41, 5.74) is 0.784. The van der Waals surface area contributed by atoms with Gasteiger partial charge >= 0.3 is 0 Å². The molecule has 1 aromatic heterocycles. The van der Waals surface area contributed by atoms with Gasteiger partial charge in [-0.3, -0.25) is 0 Å². The van der Waals surface area contributed by atoms with E-state index in [-0.39, 0.29) is 0 Å². The average Bonchev–Trinajstić information content (AvgIpc) is 2.32. The molecule has 88 valence electrons. The van der Waals surface area contributed by atoms with Crippen molar-refractivity contribution in [3.8, 4) is 0 Å². The fourth-order valence-corrected chi connectivity index (χ4v) is 2.43. The van der Waals surface area contributed by atoms with Crippen LogP contribution in [0.1, 0.15) is 32.1 Å². The zero-order valence-corrected chi connectivity index (χ0v) is 10.6. The van der Waals surface area contributed by atoms with E-state index >= 15 is 0 Å². The summed E-state index contributed by atoms with van der Waals surface area (Å²) < 4.78 is 0. The van der Waals surface area contributed by atoms with Crippen LogP contribution < -0.4 is 5.32 Å². The number of halogens is 2. The van der Waals surface area contributed by atoms with Crippen LogP contribution in [0.4, 0.5) is 5.69 Å². The summed E-state index contributed by atoms with van der Waals surface area (Å²) in [6.45, 7) is 0.946. The van der Waals surface area contributed by atoms with E-state index < -0.39 is 0 Å². The van der Waals surface area contributed by atoms with E-state index in [9.17, 15) is 0 Å². The molecule has 1 heterocycles. The van der Waals surface area contributed by atoms with Gasteiger partial charge in [0.05, 0.1) is 5.69 Å². The predicted molar refractivity (Wildman–Crippen MR) is 67.1 cm³/mol. The van der Waals surface area contributed by atoms with E-state index in [1.165, 1.54) is 32.1 Å². The summed E-state index contributed by atoms with van der Waals surface area (Å²) in [5, 5.41) is 11.5. The maximum absolute atomic E-state index is 5.92. The number of nitrogens with zero attached hydrogens (tertiary/aromatic N) is 2. The maximum atomic E-state index is 5.92. The lowest BCUT2D eigenvalue weighted by molar-refractivity contribution is 0.373. The molecule has 0 bridgehead atoms. The van der Waals surface area contributed by atoms with Gasteiger partial charge in [0.15, 0.2) is 10.3 Å². The van der Waals surface area contributed by atoms with Gasteiger partial charge in [-0.1, -0.05) is 42.5 Å². The molecule has 0 aromatic carbocycles. The van der Waals surface area contributed by atoms with Crippen LogP contribution in [0.2, 0.25) is 10.3 Å². The Labute approximate surface area is 106 Å². The molecule has 0 unspecified atom stereocenters. The lowest BCUT2D eigenvalue weighted by Crippen LogP contribution is -2.17. The highest BCUT2D eigenvalue weighted by Crippen LogP contribution is 2.26. The largest absolute Gasteiger partial charge is 0.382 e. The number of hydrogen-bond donors (Lipinski definition) is 1. The van der Waals surface area contributed by atoms with E-state index in [1.54, 1.807) is 6.07 Å². The standard InChI is InChI=1S/C11H15Cl2N3/c12-10-6-9(11(13)16-15-10)14-7-8-4-2-1-3-5-8/h6,8H,1-5,7H2,(H,14,15). The Balaban J connectivity index is 1.90. The quantitative estimate of drug-likeness (QED) is 0.898. The fraction of sp³-hybridized carbons (Fsp3) is 0.636. The average molecular weight is 260 g/mol. The van der Waals surface area contributed by atoms with Gasteiger partial charge in [0.1, 0.15) is 0 Å². The molecule has 0 saturated heterocycles. The first-order valence-corrected chi connectivity index (χ1v) is 6.44. The summed E-state index contributed by atoms with van der Waals surface area (Å²) >= 11 is 11.7. The Morgan fingerprint density at radius 2 is 1.94 bits per heavy atom. The van der Waals surface area contributed by atoms with Gasteiger partial charge in [0.25, 0.3) is 0 Å². The molecule has 1 saturated carbocycles. The first-order chi connectivity index (χ1) is 7.75. The molecule has 1 aromatic rings. The van der Waals surface area contributed by atoms with Crippen LogP contribution in [-0.2, 0) is 0 Å². The van der Waals surface area contributed by atoms with Crippen molar-refractivity contribution in [1.29, 1.82) is 0 Å². The normalized spacial score (nSPS) is 17.4. The number of anilines is 1. The predicted octanol–water partition coefficient (Wildman–Crippen LogP) is 3.78. The second kappa shape index (κ2) is 5.69. The van der Waals surface area contributed by atoms with Crippen molar-refractivity contribution in [2.45, 2.75) is 32.1 Å². The van der Waals surface area contributed by atoms with Gasteiger partial charge in [-0.05, 0) is 18.8 Å². The Morgan fingerprint density at radius 1 is 1.19 bits per heavy atom. The number of hydrogen-bond acceptors (Lipinski definition) is 3. The van der Waals surface area contributed by atoms with E-state index in [4.69, 9.17) is 23.2 Å². The molecular formula is C11H15Cl2N3. The highest BCUT2D eigenvalue weighted by molar-refractivity contribution is 6.33. The van der Waals surface area contributed by atoms with Crippen molar-refractivity contribution in [2.24, 2.45) is 5.92 Å². The molecule has 0 atom stereocenters. The third-order valence-corrected chi connectivity index (χ3v) is 3.49. The Morgan fingerprint density at radius 3 is 2.69 bits per heavy atom. The first kappa shape index (κ1) is 11.9. The van der Waals surface area contributed by atoms with Crippen molar-refractivity contribution >= 4 is 28.9 Å². The zero-order valence-electron chi connectivity index (χ0n) is 9.05. The lowest BCUT2D eigenvalue weighted by Gasteiger charge is -2.22. The van der Waals surface area contributed by atoms with Crippen molar-refractivity contribution in [2.75, 3.05) is 11.9 Å². The minimum absolute atomic E-state index is 0.371. The molecule has 1 fully saturated rings. The summed E-state index contributed by atoms with van der Waals surface area (Å²) in [7, 11) is 0. The molecule has 1 aliphatic rings. The molecule has 16 heavy (non-hydrogen) atoms. The second-order valence-electron chi connectivity index (χ2n) is 4.26. The van der Waals surface area contributed by atoms with Gasteiger partial charge in [0.2, 0.25) is 0 Å². The van der Waals surface area contributed by atoms with Gasteiger partial charge < -0.3 is 5.32 Å². The fourth-order valence-electron chi connectivity index (χ4n) is 2.12. The van der Waals surface area contributed by atoms with Gasteiger partial charge in [-0.25, -0.2) is 0 Å². The van der Waals surface area contributed by atoms with Crippen LogP contribution in [0.5, 0.6) is 0 Å². The maximum Gasteiger partial charge on any atom is 0.174 e. The Kier molecular flexibility index (Phi) is 4.24. The van der Waals surface area contributed by atoms with Crippen molar-refractivity contribution in [1.82, 2.24) is 10.2 Å². The van der Waals surface area contributed by atoms with Gasteiger partial charge in [-0.2, -0.15) is 0 Å². The molecule has 5 heteroatoms. The molecule has 2 rings (SSSR count). The van der Waals surface area contributed by atoms with Gasteiger partial charge in [0, 0.05) is 12.6 Å². The molecule has 1 aliphatic carbocycles. The Hall–Kier alpha value is -0.540. The summed E-state index contributed by atoms with van der Waals surface area (Å²) in [4.78, 5) is 0. The number of nitrogens with one attached hydrogen (secondary N) is 1. The van der Waals surface area contributed by atoms with Crippen molar-refractivity contribution in [3.05, 3.63) is 16.4 Å². The molecule has 3 nitrogen and oxygen atoms in total. The third kappa shape index (κ3) is 3.22. The monoisotopic (exact) mass is 259 g/mol. The molecule has 0 radical (unpaired) electrons. The zero-order chi connectivity index (χ0) is 11.4. The van der Waals surface area contributed by atoms with Crippen LogP contribution in [-0.4, -0.2) is 16.7 Å². The smallest absolute Gasteiger partial charge is 0.174 e. The number of rotatable bonds is 3.